The summed E-state index contributed by atoms with van der Waals surface area (Å²) in [6.45, 7) is 1.71. The quantitative estimate of drug-likeness (QED) is 0.866. The lowest BCUT2D eigenvalue weighted by molar-refractivity contribution is 0.0576. The summed E-state index contributed by atoms with van der Waals surface area (Å²) in [4.78, 5) is 25.3. The van der Waals surface area contributed by atoms with Gasteiger partial charge in [-0.15, -0.1) is 0 Å². The Morgan fingerprint density at radius 3 is 2.59 bits per heavy atom. The van der Waals surface area contributed by atoms with Crippen LogP contribution in [0.25, 0.3) is 0 Å². The van der Waals surface area contributed by atoms with E-state index in [-0.39, 0.29) is 24.5 Å². The molecule has 1 aliphatic heterocycles. The normalized spacial score (nSPS) is 16.3. The van der Waals surface area contributed by atoms with Crippen molar-refractivity contribution in [2.24, 2.45) is 0 Å². The Labute approximate surface area is 107 Å². The first-order chi connectivity index (χ1) is 8.06. The molecule has 1 aromatic rings. The van der Waals surface area contributed by atoms with Crippen LogP contribution in [0.3, 0.4) is 0 Å². The number of aliphatic hydroxyl groups excluding tert-OH is 1. The largest absolute Gasteiger partial charge is 0.396 e. The van der Waals surface area contributed by atoms with Crippen molar-refractivity contribution in [2.75, 3.05) is 6.61 Å². The molecular weight excluding hydrogens is 286 g/mol. The molecule has 5 heteroatoms. The fraction of sp³-hybridized carbons (Fsp3) is 0.333. The van der Waals surface area contributed by atoms with Gasteiger partial charge in [-0.05, 0) is 31.5 Å². The average Bonchev–Trinajstić information content (AvgIpc) is 2.52. The zero-order chi connectivity index (χ0) is 12.6. The number of hydrogen-bond donors (Lipinski definition) is 1. The zero-order valence-corrected chi connectivity index (χ0v) is 10.9. The van der Waals surface area contributed by atoms with Crippen LogP contribution in [0.1, 0.15) is 34.1 Å². The highest BCUT2D eigenvalue weighted by Crippen LogP contribution is 2.27. The second kappa shape index (κ2) is 4.58. The Kier molecular flexibility index (Phi) is 3.31. The van der Waals surface area contributed by atoms with E-state index in [9.17, 15) is 9.59 Å². The molecule has 0 aromatic heterocycles. The lowest BCUT2D eigenvalue weighted by Gasteiger charge is -2.21. The van der Waals surface area contributed by atoms with E-state index in [4.69, 9.17) is 5.11 Å². The lowest BCUT2D eigenvalue weighted by Crippen LogP contribution is -2.38. The molecule has 0 saturated heterocycles. The number of benzene rings is 1. The molecule has 1 heterocycles. The van der Waals surface area contributed by atoms with Gasteiger partial charge in [0.15, 0.2) is 0 Å². The molecule has 90 valence electrons. The van der Waals surface area contributed by atoms with Crippen LogP contribution >= 0.6 is 15.9 Å². The topological polar surface area (TPSA) is 57.6 Å². The fourth-order valence-corrected chi connectivity index (χ4v) is 2.31. The van der Waals surface area contributed by atoms with Gasteiger partial charge in [0.25, 0.3) is 11.8 Å². The van der Waals surface area contributed by atoms with E-state index in [1.54, 1.807) is 25.1 Å². The van der Waals surface area contributed by atoms with Gasteiger partial charge >= 0.3 is 0 Å². The molecule has 0 bridgehead atoms. The number of aliphatic hydroxyl groups is 1. The van der Waals surface area contributed by atoms with Gasteiger partial charge in [0.2, 0.25) is 0 Å². The molecule has 0 fully saturated rings. The Morgan fingerprint density at radius 2 is 1.94 bits per heavy atom. The smallest absolute Gasteiger partial charge is 0.261 e. The Bertz CT molecular complexity index is 487. The molecule has 0 aliphatic carbocycles. The van der Waals surface area contributed by atoms with E-state index in [0.29, 0.717) is 17.5 Å². The Balaban J connectivity index is 2.38. The van der Waals surface area contributed by atoms with E-state index in [1.165, 1.54) is 4.90 Å². The van der Waals surface area contributed by atoms with Crippen LogP contribution in [0.5, 0.6) is 0 Å². The third kappa shape index (κ3) is 2.00. The minimum Gasteiger partial charge on any atom is -0.396 e. The summed E-state index contributed by atoms with van der Waals surface area (Å²) in [6.07, 6.45) is 0.395. The summed E-state index contributed by atoms with van der Waals surface area (Å²) >= 11 is 3.28. The number of rotatable bonds is 3. The number of nitrogens with zero attached hydrogens (tertiary/aromatic N) is 1. The molecule has 2 amide bonds. The SMILES string of the molecule is CC(CCO)N1C(=O)c2ccc(Br)cc2C1=O. The average molecular weight is 298 g/mol. The van der Waals surface area contributed by atoms with Crippen LogP contribution in [-0.2, 0) is 0 Å². The second-order valence-electron chi connectivity index (χ2n) is 4.03. The highest BCUT2D eigenvalue weighted by atomic mass is 79.9. The van der Waals surface area contributed by atoms with E-state index in [0.717, 1.165) is 4.47 Å². The maximum absolute atomic E-state index is 12.1. The molecule has 2 rings (SSSR count). The van der Waals surface area contributed by atoms with E-state index < -0.39 is 0 Å². The highest BCUT2D eigenvalue weighted by Gasteiger charge is 2.38. The summed E-state index contributed by atoms with van der Waals surface area (Å²) in [7, 11) is 0. The molecule has 0 saturated carbocycles. The lowest BCUT2D eigenvalue weighted by atomic mass is 10.1. The van der Waals surface area contributed by atoms with Crippen molar-refractivity contribution in [3.63, 3.8) is 0 Å². The predicted octanol–water partition coefficient (Wildman–Crippen LogP) is 1.82. The Hall–Kier alpha value is -1.20. The predicted molar refractivity (Wildman–Crippen MR) is 65.8 cm³/mol. The Morgan fingerprint density at radius 1 is 1.29 bits per heavy atom. The van der Waals surface area contributed by atoms with Crippen molar-refractivity contribution >= 4 is 27.7 Å². The molecule has 1 unspecified atom stereocenters. The van der Waals surface area contributed by atoms with E-state index in [2.05, 4.69) is 15.9 Å². The summed E-state index contributed by atoms with van der Waals surface area (Å²) in [5, 5.41) is 8.87. The summed E-state index contributed by atoms with van der Waals surface area (Å²) < 4.78 is 0.772. The van der Waals surface area contributed by atoms with Gasteiger partial charge in [-0.1, -0.05) is 15.9 Å². The molecule has 1 N–H and O–H groups in total. The van der Waals surface area contributed by atoms with Crippen molar-refractivity contribution in [3.8, 4) is 0 Å². The molecular formula is C12H12BrNO3. The van der Waals surface area contributed by atoms with Crippen molar-refractivity contribution in [2.45, 2.75) is 19.4 Å². The monoisotopic (exact) mass is 297 g/mol. The van der Waals surface area contributed by atoms with Gasteiger partial charge in [0.05, 0.1) is 11.1 Å². The summed E-state index contributed by atoms with van der Waals surface area (Å²) in [6, 6.07) is 4.75. The number of amides is 2. The zero-order valence-electron chi connectivity index (χ0n) is 9.31. The van der Waals surface area contributed by atoms with Gasteiger partial charge in [-0.2, -0.15) is 0 Å². The molecule has 1 aromatic carbocycles. The molecule has 17 heavy (non-hydrogen) atoms. The number of imide groups is 1. The fourth-order valence-electron chi connectivity index (χ4n) is 1.95. The van der Waals surface area contributed by atoms with Crippen molar-refractivity contribution in [1.29, 1.82) is 0 Å². The van der Waals surface area contributed by atoms with Crippen LogP contribution in [0, 0.1) is 0 Å². The number of carbonyl (C=O) groups excluding carboxylic acids is 2. The van der Waals surface area contributed by atoms with E-state index in [1.807, 2.05) is 0 Å². The van der Waals surface area contributed by atoms with Crippen molar-refractivity contribution in [3.05, 3.63) is 33.8 Å². The van der Waals surface area contributed by atoms with Gasteiger partial charge in [0.1, 0.15) is 0 Å². The molecule has 0 spiro atoms. The summed E-state index contributed by atoms with van der Waals surface area (Å²) in [5.74, 6) is -0.564. The number of hydrogen-bond acceptors (Lipinski definition) is 3. The standard InChI is InChI=1S/C12H12BrNO3/c1-7(4-5-15)14-11(16)9-3-2-8(13)6-10(9)12(14)17/h2-3,6-7,15H,4-5H2,1H3. The van der Waals surface area contributed by atoms with Crippen molar-refractivity contribution < 1.29 is 14.7 Å². The first kappa shape index (κ1) is 12.3. The van der Waals surface area contributed by atoms with Crippen LogP contribution < -0.4 is 0 Å². The third-order valence-corrected chi connectivity index (χ3v) is 3.36. The van der Waals surface area contributed by atoms with Gasteiger partial charge in [-0.3, -0.25) is 14.5 Å². The van der Waals surface area contributed by atoms with Crippen molar-refractivity contribution in [1.82, 2.24) is 4.90 Å². The first-order valence-corrected chi connectivity index (χ1v) is 6.14. The summed E-state index contributed by atoms with van der Waals surface area (Å²) in [5.41, 5.74) is 0.858. The maximum atomic E-state index is 12.1. The second-order valence-corrected chi connectivity index (χ2v) is 4.95. The van der Waals surface area contributed by atoms with Crippen LogP contribution in [0.2, 0.25) is 0 Å². The number of fused-ring (bicyclic) bond motifs is 1. The van der Waals surface area contributed by atoms with Gasteiger partial charge in [-0.25, -0.2) is 0 Å². The van der Waals surface area contributed by atoms with Crippen LogP contribution in [-0.4, -0.2) is 34.5 Å². The number of halogens is 1. The highest BCUT2D eigenvalue weighted by molar-refractivity contribution is 9.10. The van der Waals surface area contributed by atoms with Crippen LogP contribution in [0.15, 0.2) is 22.7 Å². The van der Waals surface area contributed by atoms with E-state index >= 15 is 0 Å². The minimum atomic E-state index is -0.286. The molecule has 1 atom stereocenters. The molecule has 4 nitrogen and oxygen atoms in total. The van der Waals surface area contributed by atoms with Gasteiger partial charge in [0, 0.05) is 17.1 Å². The molecule has 1 aliphatic rings. The molecule has 0 radical (unpaired) electrons. The first-order valence-electron chi connectivity index (χ1n) is 5.34. The minimum absolute atomic E-state index is 0.0434. The third-order valence-electron chi connectivity index (χ3n) is 2.87. The number of carbonyl (C=O) groups is 2. The maximum Gasteiger partial charge on any atom is 0.261 e. The van der Waals surface area contributed by atoms with Gasteiger partial charge < -0.3 is 5.11 Å². The van der Waals surface area contributed by atoms with Crippen LogP contribution in [0.4, 0.5) is 0 Å².